The number of aliphatic hydroxyl groups excluding tert-OH is 1. The molecule has 0 aliphatic carbocycles. The molecule has 3 aromatic carbocycles. The Hall–Kier alpha value is -3.93. The molecule has 0 spiro atoms. The van der Waals surface area contributed by atoms with Crippen molar-refractivity contribution in [3.8, 4) is 5.75 Å². The van der Waals surface area contributed by atoms with Gasteiger partial charge >= 0.3 is 0 Å². The van der Waals surface area contributed by atoms with Crippen LogP contribution in [-0.4, -0.2) is 23.4 Å². The molecule has 1 aliphatic rings. The van der Waals surface area contributed by atoms with Gasteiger partial charge in [0.2, 0.25) is 0 Å². The van der Waals surface area contributed by atoms with Crippen LogP contribution in [0.5, 0.6) is 5.75 Å². The first-order valence-corrected chi connectivity index (χ1v) is 11.5. The fraction of sp³-hybridized carbons (Fsp3) is 0.241. The van der Waals surface area contributed by atoms with Gasteiger partial charge in [-0.2, -0.15) is 0 Å². The minimum atomic E-state index is -0.884. The first-order chi connectivity index (χ1) is 16.7. The van der Waals surface area contributed by atoms with Crippen molar-refractivity contribution in [1.82, 2.24) is 0 Å². The summed E-state index contributed by atoms with van der Waals surface area (Å²) in [5.41, 5.74) is 2.62. The summed E-state index contributed by atoms with van der Waals surface area (Å²) in [5.74, 6) is -1.39. The summed E-state index contributed by atoms with van der Waals surface area (Å²) in [7, 11) is 0. The molecule has 1 unspecified atom stereocenters. The highest BCUT2D eigenvalue weighted by Gasteiger charge is 2.47. The number of halogens is 1. The normalized spacial score (nSPS) is 17.3. The number of Topliss-reactive ketones (excluding diaryl/α,β-unsaturated/α-hetero) is 1. The number of ether oxygens (including phenoxy) is 1. The SMILES string of the molecule is Cc1cccc(N2C(=O)C(=O)/C(=C(\O)c3ccc(F)c(C)c3)C2c2cccc(OCC(C)C)c2)c1. The largest absolute Gasteiger partial charge is 0.507 e. The maximum absolute atomic E-state index is 13.9. The summed E-state index contributed by atoms with van der Waals surface area (Å²) in [5, 5.41) is 11.2. The molecule has 5 nitrogen and oxygen atoms in total. The molecule has 0 aromatic heterocycles. The van der Waals surface area contributed by atoms with E-state index in [-0.39, 0.29) is 16.9 Å². The minimum Gasteiger partial charge on any atom is -0.507 e. The number of benzene rings is 3. The van der Waals surface area contributed by atoms with Gasteiger partial charge in [0.25, 0.3) is 11.7 Å². The third-order valence-corrected chi connectivity index (χ3v) is 5.91. The zero-order valence-electron chi connectivity index (χ0n) is 20.2. The van der Waals surface area contributed by atoms with Gasteiger partial charge in [-0.1, -0.05) is 38.1 Å². The van der Waals surface area contributed by atoms with Gasteiger partial charge in [-0.15, -0.1) is 0 Å². The fourth-order valence-corrected chi connectivity index (χ4v) is 4.18. The van der Waals surface area contributed by atoms with Crippen molar-refractivity contribution < 1.29 is 23.8 Å². The van der Waals surface area contributed by atoms with Crippen molar-refractivity contribution in [2.24, 2.45) is 5.92 Å². The van der Waals surface area contributed by atoms with Gasteiger partial charge < -0.3 is 9.84 Å². The minimum absolute atomic E-state index is 0.0523. The van der Waals surface area contributed by atoms with Crippen LogP contribution in [0.15, 0.2) is 72.3 Å². The Balaban J connectivity index is 1.91. The monoisotopic (exact) mass is 473 g/mol. The molecule has 6 heteroatoms. The van der Waals surface area contributed by atoms with E-state index in [2.05, 4.69) is 0 Å². The summed E-state index contributed by atoms with van der Waals surface area (Å²) in [4.78, 5) is 28.0. The van der Waals surface area contributed by atoms with Crippen molar-refractivity contribution in [3.63, 3.8) is 0 Å². The molecule has 0 saturated carbocycles. The van der Waals surface area contributed by atoms with E-state index in [1.54, 1.807) is 31.2 Å². The highest BCUT2D eigenvalue weighted by atomic mass is 19.1. The molecule has 35 heavy (non-hydrogen) atoms. The van der Waals surface area contributed by atoms with Gasteiger partial charge in [-0.25, -0.2) is 4.39 Å². The average molecular weight is 474 g/mol. The topological polar surface area (TPSA) is 66.8 Å². The van der Waals surface area contributed by atoms with Crippen LogP contribution >= 0.6 is 0 Å². The second-order valence-electron chi connectivity index (χ2n) is 9.25. The summed E-state index contributed by atoms with van der Waals surface area (Å²) in [6.07, 6.45) is 0. The predicted octanol–water partition coefficient (Wildman–Crippen LogP) is 6.10. The number of rotatable bonds is 6. The van der Waals surface area contributed by atoms with E-state index in [0.717, 1.165) is 5.56 Å². The summed E-state index contributed by atoms with van der Waals surface area (Å²) in [6, 6.07) is 17.7. The molecule has 1 heterocycles. The molecule has 1 amide bonds. The van der Waals surface area contributed by atoms with Crippen LogP contribution in [0.4, 0.5) is 10.1 Å². The zero-order chi connectivity index (χ0) is 25.3. The van der Waals surface area contributed by atoms with Gasteiger partial charge in [-0.05, 0) is 78.9 Å². The van der Waals surface area contributed by atoms with Crippen molar-refractivity contribution in [3.05, 3.63) is 100 Å². The Bertz CT molecular complexity index is 1330. The third-order valence-electron chi connectivity index (χ3n) is 5.91. The predicted molar refractivity (Wildman–Crippen MR) is 134 cm³/mol. The Morgan fingerprint density at radius 2 is 1.77 bits per heavy atom. The molecule has 1 aliphatic heterocycles. The van der Waals surface area contributed by atoms with E-state index in [4.69, 9.17) is 4.74 Å². The molecule has 4 rings (SSSR count). The Morgan fingerprint density at radius 1 is 1.03 bits per heavy atom. The summed E-state index contributed by atoms with van der Waals surface area (Å²) in [6.45, 7) is 8.07. The molecular formula is C29H28FNO4. The highest BCUT2D eigenvalue weighted by Crippen LogP contribution is 2.43. The second kappa shape index (κ2) is 9.74. The van der Waals surface area contributed by atoms with Crippen molar-refractivity contribution in [2.75, 3.05) is 11.5 Å². The second-order valence-corrected chi connectivity index (χ2v) is 9.25. The number of aliphatic hydroxyl groups is 1. The summed E-state index contributed by atoms with van der Waals surface area (Å²) < 4.78 is 19.8. The van der Waals surface area contributed by atoms with E-state index in [1.165, 1.54) is 23.1 Å². The molecule has 1 fully saturated rings. The molecule has 1 N–H and O–H groups in total. The number of hydrogen-bond donors (Lipinski definition) is 1. The third kappa shape index (κ3) is 4.83. The lowest BCUT2D eigenvalue weighted by Gasteiger charge is -2.26. The number of carbonyl (C=O) groups is 2. The molecule has 0 bridgehead atoms. The average Bonchev–Trinajstić information content (AvgIpc) is 3.09. The molecule has 1 atom stereocenters. The summed E-state index contributed by atoms with van der Waals surface area (Å²) >= 11 is 0. The number of amides is 1. The van der Waals surface area contributed by atoms with Crippen LogP contribution in [-0.2, 0) is 9.59 Å². The van der Waals surface area contributed by atoms with Gasteiger partial charge in [0.1, 0.15) is 17.3 Å². The smallest absolute Gasteiger partial charge is 0.300 e. The maximum atomic E-state index is 13.9. The Labute approximate surface area is 204 Å². The maximum Gasteiger partial charge on any atom is 0.300 e. The molecule has 1 saturated heterocycles. The molecule has 180 valence electrons. The Morgan fingerprint density at radius 3 is 2.46 bits per heavy atom. The van der Waals surface area contributed by atoms with Crippen LogP contribution in [0, 0.1) is 25.6 Å². The standard InChI is InChI=1S/C29H28FNO4/c1-17(2)16-35-23-10-6-8-20(15-23)26-25(27(32)21-11-12-24(30)19(4)14-21)28(33)29(34)31(26)22-9-5-7-18(3)13-22/h5-15,17,26,32H,16H2,1-4H3/b27-25-. The first-order valence-electron chi connectivity index (χ1n) is 11.5. The highest BCUT2D eigenvalue weighted by molar-refractivity contribution is 6.51. The number of ketones is 1. The molecular weight excluding hydrogens is 445 g/mol. The van der Waals surface area contributed by atoms with E-state index in [9.17, 15) is 19.1 Å². The number of hydrogen-bond acceptors (Lipinski definition) is 4. The zero-order valence-corrected chi connectivity index (χ0v) is 20.2. The molecule has 3 aromatic rings. The van der Waals surface area contributed by atoms with Crippen molar-refractivity contribution in [2.45, 2.75) is 33.7 Å². The van der Waals surface area contributed by atoms with Crippen molar-refractivity contribution in [1.29, 1.82) is 0 Å². The lowest BCUT2D eigenvalue weighted by molar-refractivity contribution is -0.132. The Kier molecular flexibility index (Phi) is 6.74. The van der Waals surface area contributed by atoms with E-state index < -0.39 is 23.5 Å². The quantitative estimate of drug-likeness (QED) is 0.267. The number of aryl methyl sites for hydroxylation is 2. The van der Waals surface area contributed by atoms with E-state index in [1.807, 2.05) is 45.0 Å². The number of carbonyl (C=O) groups excluding carboxylic acids is 2. The molecule has 0 radical (unpaired) electrons. The van der Waals surface area contributed by atoms with E-state index in [0.29, 0.717) is 35.1 Å². The fourth-order valence-electron chi connectivity index (χ4n) is 4.18. The number of nitrogens with zero attached hydrogens (tertiary/aromatic N) is 1. The number of anilines is 1. The van der Waals surface area contributed by atoms with Gasteiger partial charge in [0.15, 0.2) is 0 Å². The van der Waals surface area contributed by atoms with Gasteiger partial charge in [0, 0.05) is 11.3 Å². The van der Waals surface area contributed by atoms with Crippen LogP contribution < -0.4 is 9.64 Å². The van der Waals surface area contributed by atoms with Crippen LogP contribution in [0.2, 0.25) is 0 Å². The van der Waals surface area contributed by atoms with Crippen LogP contribution in [0.3, 0.4) is 0 Å². The van der Waals surface area contributed by atoms with Crippen molar-refractivity contribution >= 4 is 23.1 Å². The van der Waals surface area contributed by atoms with E-state index >= 15 is 0 Å². The first kappa shape index (κ1) is 24.2. The lowest BCUT2D eigenvalue weighted by atomic mass is 9.94. The lowest BCUT2D eigenvalue weighted by Crippen LogP contribution is -2.29. The van der Waals surface area contributed by atoms with Crippen LogP contribution in [0.1, 0.15) is 42.1 Å². The van der Waals surface area contributed by atoms with Gasteiger partial charge in [0.05, 0.1) is 18.2 Å². The van der Waals surface area contributed by atoms with Gasteiger partial charge in [-0.3, -0.25) is 14.5 Å². The van der Waals surface area contributed by atoms with Crippen LogP contribution in [0.25, 0.3) is 5.76 Å².